The highest BCUT2D eigenvalue weighted by Crippen LogP contribution is 2.22. The molecule has 0 aliphatic carbocycles. The molecule has 3 heteroatoms. The van der Waals surface area contributed by atoms with Gasteiger partial charge in [0.15, 0.2) is 0 Å². The van der Waals surface area contributed by atoms with E-state index in [0.717, 1.165) is 6.42 Å². The van der Waals surface area contributed by atoms with Crippen molar-refractivity contribution in [2.75, 3.05) is 0 Å². The minimum atomic E-state index is -0.517. The van der Waals surface area contributed by atoms with Crippen LogP contribution in [0.2, 0.25) is 5.02 Å². The molecule has 1 aromatic carbocycles. The molecule has 1 unspecified atom stereocenters. The highest BCUT2D eigenvalue weighted by Gasteiger charge is 2.12. The second-order valence-corrected chi connectivity index (χ2v) is 4.94. The summed E-state index contributed by atoms with van der Waals surface area (Å²) in [5.41, 5.74) is 0.417. The lowest BCUT2D eigenvalue weighted by atomic mass is 10.00. The number of benzene rings is 1. The van der Waals surface area contributed by atoms with Crippen molar-refractivity contribution in [3.05, 3.63) is 34.6 Å². The SMILES string of the molecule is CC(C)CCC(O)Cc1c(F)cccc1Cl. The lowest BCUT2D eigenvalue weighted by Gasteiger charge is -2.13. The highest BCUT2D eigenvalue weighted by atomic mass is 35.5. The smallest absolute Gasteiger partial charge is 0.127 e. The third-order valence-electron chi connectivity index (χ3n) is 2.58. The fraction of sp³-hybridized carbons (Fsp3) is 0.538. The van der Waals surface area contributed by atoms with Crippen LogP contribution in [0.3, 0.4) is 0 Å². The van der Waals surface area contributed by atoms with Gasteiger partial charge in [0.2, 0.25) is 0 Å². The number of aliphatic hydroxyl groups excluding tert-OH is 1. The van der Waals surface area contributed by atoms with Crippen LogP contribution in [0.1, 0.15) is 32.3 Å². The topological polar surface area (TPSA) is 20.2 Å². The van der Waals surface area contributed by atoms with E-state index in [2.05, 4.69) is 13.8 Å². The second kappa shape index (κ2) is 6.21. The number of halogens is 2. The van der Waals surface area contributed by atoms with Crippen LogP contribution in [-0.4, -0.2) is 11.2 Å². The van der Waals surface area contributed by atoms with Crippen molar-refractivity contribution in [3.63, 3.8) is 0 Å². The zero-order chi connectivity index (χ0) is 12.1. The molecule has 0 saturated heterocycles. The van der Waals surface area contributed by atoms with Crippen molar-refractivity contribution in [1.29, 1.82) is 0 Å². The van der Waals surface area contributed by atoms with E-state index in [-0.39, 0.29) is 12.2 Å². The van der Waals surface area contributed by atoms with Gasteiger partial charge in [0.1, 0.15) is 5.82 Å². The van der Waals surface area contributed by atoms with Gasteiger partial charge in [-0.3, -0.25) is 0 Å². The van der Waals surface area contributed by atoms with Gasteiger partial charge in [-0.15, -0.1) is 0 Å². The second-order valence-electron chi connectivity index (χ2n) is 4.53. The van der Waals surface area contributed by atoms with Crippen LogP contribution in [0.15, 0.2) is 18.2 Å². The van der Waals surface area contributed by atoms with Crippen molar-refractivity contribution >= 4 is 11.6 Å². The maximum absolute atomic E-state index is 13.4. The lowest BCUT2D eigenvalue weighted by molar-refractivity contribution is 0.156. The summed E-state index contributed by atoms with van der Waals surface area (Å²) in [6, 6.07) is 4.59. The van der Waals surface area contributed by atoms with Gasteiger partial charge < -0.3 is 5.11 Å². The van der Waals surface area contributed by atoms with E-state index in [0.29, 0.717) is 22.9 Å². The first-order valence-electron chi connectivity index (χ1n) is 5.61. The first-order valence-corrected chi connectivity index (χ1v) is 5.99. The maximum atomic E-state index is 13.4. The van der Waals surface area contributed by atoms with Crippen molar-refractivity contribution in [1.82, 2.24) is 0 Å². The summed E-state index contributed by atoms with van der Waals surface area (Å²) >= 11 is 5.89. The zero-order valence-corrected chi connectivity index (χ0v) is 10.5. The summed E-state index contributed by atoms with van der Waals surface area (Å²) in [7, 11) is 0. The Hall–Kier alpha value is -0.600. The van der Waals surface area contributed by atoms with E-state index in [1.54, 1.807) is 12.1 Å². The van der Waals surface area contributed by atoms with Crippen LogP contribution in [0.4, 0.5) is 4.39 Å². The molecule has 0 spiro atoms. The first kappa shape index (κ1) is 13.5. The fourth-order valence-electron chi connectivity index (χ4n) is 1.59. The van der Waals surface area contributed by atoms with E-state index < -0.39 is 6.10 Å². The van der Waals surface area contributed by atoms with E-state index >= 15 is 0 Å². The van der Waals surface area contributed by atoms with Crippen LogP contribution < -0.4 is 0 Å². The third-order valence-corrected chi connectivity index (χ3v) is 2.93. The Labute approximate surface area is 101 Å². The number of hydrogen-bond donors (Lipinski definition) is 1. The Morgan fingerprint density at radius 3 is 2.56 bits per heavy atom. The van der Waals surface area contributed by atoms with Gasteiger partial charge >= 0.3 is 0 Å². The molecule has 0 bridgehead atoms. The predicted octanol–water partition coefficient (Wildman–Crippen LogP) is 3.82. The molecule has 0 saturated carbocycles. The van der Waals surface area contributed by atoms with Gasteiger partial charge in [0.25, 0.3) is 0 Å². The molecule has 0 aliphatic heterocycles. The average molecular weight is 245 g/mol. The van der Waals surface area contributed by atoms with E-state index in [1.165, 1.54) is 6.07 Å². The van der Waals surface area contributed by atoms with Crippen molar-refractivity contribution < 1.29 is 9.50 Å². The summed E-state index contributed by atoms with van der Waals surface area (Å²) in [6.45, 7) is 4.20. The van der Waals surface area contributed by atoms with Gasteiger partial charge in [-0.25, -0.2) is 4.39 Å². The van der Waals surface area contributed by atoms with E-state index in [4.69, 9.17) is 11.6 Å². The number of hydrogen-bond acceptors (Lipinski definition) is 1. The summed E-state index contributed by atoms with van der Waals surface area (Å²) < 4.78 is 13.4. The van der Waals surface area contributed by atoms with Crippen LogP contribution in [-0.2, 0) is 6.42 Å². The number of aliphatic hydroxyl groups is 1. The largest absolute Gasteiger partial charge is 0.393 e. The number of rotatable bonds is 5. The molecule has 0 aliphatic rings. The van der Waals surface area contributed by atoms with Crippen LogP contribution in [0.5, 0.6) is 0 Å². The van der Waals surface area contributed by atoms with Gasteiger partial charge in [0, 0.05) is 17.0 Å². The zero-order valence-electron chi connectivity index (χ0n) is 9.71. The molecular formula is C13H18ClFO. The summed E-state index contributed by atoms with van der Waals surface area (Å²) in [5.74, 6) is 0.210. The molecular weight excluding hydrogens is 227 g/mol. The van der Waals surface area contributed by atoms with Crippen molar-refractivity contribution in [2.24, 2.45) is 5.92 Å². The van der Waals surface area contributed by atoms with Crippen LogP contribution >= 0.6 is 11.6 Å². The molecule has 1 atom stereocenters. The summed E-state index contributed by atoms with van der Waals surface area (Å²) in [5, 5.41) is 10.2. The molecule has 1 rings (SSSR count). The molecule has 1 aromatic rings. The first-order chi connectivity index (χ1) is 7.50. The monoisotopic (exact) mass is 244 g/mol. The van der Waals surface area contributed by atoms with E-state index in [9.17, 15) is 9.50 Å². The Morgan fingerprint density at radius 2 is 2.00 bits per heavy atom. The lowest BCUT2D eigenvalue weighted by Crippen LogP contribution is -2.13. The standard InChI is InChI=1S/C13H18ClFO/c1-9(2)6-7-10(16)8-11-12(14)4-3-5-13(11)15/h3-5,9-10,16H,6-8H2,1-2H3. The van der Waals surface area contributed by atoms with Gasteiger partial charge in [-0.2, -0.15) is 0 Å². The normalized spacial score (nSPS) is 13.1. The van der Waals surface area contributed by atoms with Gasteiger partial charge in [-0.1, -0.05) is 31.5 Å². The predicted molar refractivity (Wildman–Crippen MR) is 65.2 cm³/mol. The maximum Gasteiger partial charge on any atom is 0.127 e. The minimum absolute atomic E-state index is 0.290. The highest BCUT2D eigenvalue weighted by molar-refractivity contribution is 6.31. The Morgan fingerprint density at radius 1 is 1.31 bits per heavy atom. The Balaban J connectivity index is 2.59. The molecule has 0 radical (unpaired) electrons. The van der Waals surface area contributed by atoms with Crippen molar-refractivity contribution in [3.8, 4) is 0 Å². The molecule has 1 nitrogen and oxygen atoms in total. The minimum Gasteiger partial charge on any atom is -0.393 e. The molecule has 90 valence electrons. The third kappa shape index (κ3) is 4.11. The van der Waals surface area contributed by atoms with Crippen molar-refractivity contribution in [2.45, 2.75) is 39.2 Å². The van der Waals surface area contributed by atoms with Crippen LogP contribution in [0, 0.1) is 11.7 Å². The van der Waals surface area contributed by atoms with Gasteiger partial charge in [0.05, 0.1) is 6.10 Å². The molecule has 0 heterocycles. The molecule has 0 aromatic heterocycles. The van der Waals surface area contributed by atoms with E-state index in [1.807, 2.05) is 0 Å². The van der Waals surface area contributed by atoms with Gasteiger partial charge in [-0.05, 0) is 30.9 Å². The van der Waals surface area contributed by atoms with Crippen LogP contribution in [0.25, 0.3) is 0 Å². The Kier molecular flexibility index (Phi) is 5.23. The molecule has 0 amide bonds. The molecule has 16 heavy (non-hydrogen) atoms. The molecule has 1 N–H and O–H groups in total. The average Bonchev–Trinajstić information content (AvgIpc) is 2.21. The Bertz CT molecular complexity index is 318. The fourth-order valence-corrected chi connectivity index (χ4v) is 1.83. The summed E-state index contributed by atoms with van der Waals surface area (Å²) in [6.07, 6.45) is 1.39. The quantitative estimate of drug-likeness (QED) is 0.835. The molecule has 0 fully saturated rings. The summed E-state index contributed by atoms with van der Waals surface area (Å²) in [4.78, 5) is 0.